The quantitative estimate of drug-likeness (QED) is 0.864. The lowest BCUT2D eigenvalue weighted by molar-refractivity contribution is -0.130. The van der Waals surface area contributed by atoms with Gasteiger partial charge in [0.05, 0.1) is 13.2 Å². The van der Waals surface area contributed by atoms with Crippen LogP contribution in [-0.2, 0) is 11.3 Å². The van der Waals surface area contributed by atoms with Gasteiger partial charge in [0.15, 0.2) is 5.43 Å². The van der Waals surface area contributed by atoms with Gasteiger partial charge in [-0.3, -0.25) is 14.5 Å². The van der Waals surface area contributed by atoms with Gasteiger partial charge in [-0.15, -0.1) is 0 Å². The number of carbonyl (C=O) groups is 1. The largest absolute Gasteiger partial charge is 0.497 e. The van der Waals surface area contributed by atoms with E-state index in [4.69, 9.17) is 4.74 Å². The molecule has 6 heteroatoms. The molecule has 0 spiro atoms. The van der Waals surface area contributed by atoms with E-state index in [9.17, 15) is 9.59 Å². The van der Waals surface area contributed by atoms with Crippen molar-refractivity contribution in [3.05, 3.63) is 63.1 Å². The number of pyridine rings is 1. The van der Waals surface area contributed by atoms with Crippen LogP contribution in [0.15, 0.2) is 35.3 Å². The highest BCUT2D eigenvalue weighted by Crippen LogP contribution is 2.45. The first-order valence-corrected chi connectivity index (χ1v) is 10.2. The van der Waals surface area contributed by atoms with Crippen molar-refractivity contribution >= 4 is 5.91 Å². The van der Waals surface area contributed by atoms with E-state index in [2.05, 4.69) is 22.0 Å². The molecule has 1 N–H and O–H groups in total. The summed E-state index contributed by atoms with van der Waals surface area (Å²) in [6.45, 7) is 8.79. The summed E-state index contributed by atoms with van der Waals surface area (Å²) in [7, 11) is 1.66. The highest BCUT2D eigenvalue weighted by atomic mass is 16.5. The van der Waals surface area contributed by atoms with Crippen molar-refractivity contribution < 1.29 is 9.53 Å². The Hall–Kier alpha value is -2.60. The summed E-state index contributed by atoms with van der Waals surface area (Å²) in [6, 6.07) is 8.17. The summed E-state index contributed by atoms with van der Waals surface area (Å²) >= 11 is 0. The van der Waals surface area contributed by atoms with Crippen molar-refractivity contribution in [1.82, 2.24) is 14.8 Å². The minimum absolute atomic E-state index is 0.0894. The Morgan fingerprint density at radius 3 is 2.55 bits per heavy atom. The lowest BCUT2D eigenvalue weighted by atomic mass is 9.89. The van der Waals surface area contributed by atoms with Gasteiger partial charge in [0.1, 0.15) is 5.75 Å². The Morgan fingerprint density at radius 2 is 1.90 bits per heavy atom. The highest BCUT2D eigenvalue weighted by molar-refractivity contribution is 5.74. The van der Waals surface area contributed by atoms with E-state index in [0.29, 0.717) is 11.8 Å². The number of aromatic amines is 1. The van der Waals surface area contributed by atoms with Crippen molar-refractivity contribution in [3.8, 4) is 5.75 Å². The van der Waals surface area contributed by atoms with Crippen molar-refractivity contribution in [2.45, 2.75) is 33.4 Å². The summed E-state index contributed by atoms with van der Waals surface area (Å²) in [4.78, 5) is 32.3. The van der Waals surface area contributed by atoms with E-state index in [1.165, 1.54) is 0 Å². The molecule has 3 heterocycles. The Kier molecular flexibility index (Phi) is 5.21. The summed E-state index contributed by atoms with van der Waals surface area (Å²) in [6.07, 6.45) is 1.80. The predicted molar refractivity (Wildman–Crippen MR) is 112 cm³/mol. The number of hydrogen-bond donors (Lipinski definition) is 1. The van der Waals surface area contributed by atoms with Crippen molar-refractivity contribution in [2.75, 3.05) is 26.7 Å². The number of rotatable bonds is 4. The van der Waals surface area contributed by atoms with E-state index in [1.54, 1.807) is 20.2 Å². The third kappa shape index (κ3) is 3.57. The second-order valence-corrected chi connectivity index (χ2v) is 8.41. The fourth-order valence-electron chi connectivity index (χ4n) is 5.01. The van der Waals surface area contributed by atoms with Crippen LogP contribution in [0.3, 0.4) is 0 Å². The van der Waals surface area contributed by atoms with E-state index in [0.717, 1.165) is 54.3 Å². The van der Waals surface area contributed by atoms with E-state index >= 15 is 0 Å². The smallest absolute Gasteiger partial charge is 0.219 e. The number of likely N-dealkylation sites (tertiary alicyclic amines) is 2. The first-order valence-electron chi connectivity index (χ1n) is 10.2. The molecule has 1 amide bonds. The second-order valence-electron chi connectivity index (χ2n) is 8.41. The maximum absolute atomic E-state index is 12.3. The number of benzene rings is 1. The van der Waals surface area contributed by atoms with Gasteiger partial charge in [-0.05, 0) is 37.5 Å². The minimum Gasteiger partial charge on any atom is -0.497 e. The molecule has 6 nitrogen and oxygen atoms in total. The van der Waals surface area contributed by atoms with Gasteiger partial charge in [0.2, 0.25) is 5.91 Å². The molecule has 3 atom stereocenters. The van der Waals surface area contributed by atoms with Crippen LogP contribution in [0.25, 0.3) is 0 Å². The van der Waals surface area contributed by atoms with Gasteiger partial charge < -0.3 is 14.6 Å². The number of nitrogens with zero attached hydrogens (tertiary/aromatic N) is 2. The first kappa shape index (κ1) is 19.7. The molecule has 2 fully saturated rings. The fraction of sp³-hybridized carbons (Fsp3) is 0.478. The number of amides is 1. The standard InChI is InChI=1S/C23H29N3O3/c1-14-9-24-21(15(2)23(14)28)13-25-10-18-11-26(16(3)27)22(20(18)12-25)17-5-7-19(29-4)8-6-17/h5-9,18,20,22H,10-13H2,1-4H3,(H,24,28)/t18-,20-,22+/m1/s1. The molecule has 29 heavy (non-hydrogen) atoms. The molecule has 0 unspecified atom stereocenters. The number of H-pyrrole nitrogens is 1. The van der Waals surface area contributed by atoms with Gasteiger partial charge in [-0.2, -0.15) is 0 Å². The topological polar surface area (TPSA) is 65.6 Å². The Bertz CT molecular complexity index is 966. The zero-order chi connectivity index (χ0) is 20.7. The van der Waals surface area contributed by atoms with Crippen LogP contribution in [0.2, 0.25) is 0 Å². The van der Waals surface area contributed by atoms with Crippen LogP contribution in [0.1, 0.15) is 35.3 Å². The monoisotopic (exact) mass is 395 g/mol. The number of aryl methyl sites for hydroxylation is 1. The fourth-order valence-corrected chi connectivity index (χ4v) is 5.01. The van der Waals surface area contributed by atoms with Crippen molar-refractivity contribution in [2.24, 2.45) is 11.8 Å². The van der Waals surface area contributed by atoms with Crippen molar-refractivity contribution in [1.29, 1.82) is 0 Å². The van der Waals surface area contributed by atoms with Gasteiger partial charge in [-0.25, -0.2) is 0 Å². The number of hydrogen-bond acceptors (Lipinski definition) is 4. The summed E-state index contributed by atoms with van der Waals surface area (Å²) in [5, 5.41) is 0. The van der Waals surface area contributed by atoms with E-state index < -0.39 is 0 Å². The van der Waals surface area contributed by atoms with Gasteiger partial charge in [0.25, 0.3) is 0 Å². The zero-order valence-corrected chi connectivity index (χ0v) is 17.6. The summed E-state index contributed by atoms with van der Waals surface area (Å²) in [5.41, 5.74) is 3.83. The number of ether oxygens (including phenoxy) is 1. The molecule has 0 aliphatic carbocycles. The van der Waals surface area contributed by atoms with Crippen LogP contribution < -0.4 is 10.2 Å². The highest BCUT2D eigenvalue weighted by Gasteiger charge is 2.48. The molecule has 2 aliphatic rings. The van der Waals surface area contributed by atoms with E-state index in [-0.39, 0.29) is 17.4 Å². The summed E-state index contributed by atoms with van der Waals surface area (Å²) in [5.74, 6) is 1.79. The van der Waals surface area contributed by atoms with Gasteiger partial charge in [-0.1, -0.05) is 12.1 Å². The average molecular weight is 396 g/mol. The number of nitrogens with one attached hydrogen (secondary N) is 1. The molecule has 2 aliphatic heterocycles. The molecular weight excluding hydrogens is 366 g/mol. The molecule has 1 aromatic heterocycles. The number of aromatic nitrogens is 1. The molecule has 4 rings (SSSR count). The van der Waals surface area contributed by atoms with Crippen LogP contribution >= 0.6 is 0 Å². The molecule has 2 saturated heterocycles. The Labute approximate surface area is 171 Å². The number of methoxy groups -OCH3 is 1. The molecule has 154 valence electrons. The second kappa shape index (κ2) is 7.67. The van der Waals surface area contributed by atoms with Crippen LogP contribution in [0.4, 0.5) is 0 Å². The molecule has 0 radical (unpaired) electrons. The summed E-state index contributed by atoms with van der Waals surface area (Å²) < 4.78 is 5.29. The molecule has 1 aromatic carbocycles. The van der Waals surface area contributed by atoms with Crippen molar-refractivity contribution in [3.63, 3.8) is 0 Å². The van der Waals surface area contributed by atoms with Crippen LogP contribution in [0, 0.1) is 25.7 Å². The third-order valence-electron chi connectivity index (χ3n) is 6.60. The SMILES string of the molecule is COc1ccc([C@H]2[C@@H]3CN(Cc4[nH]cc(C)c(=O)c4C)C[C@@H]3CN2C(C)=O)cc1. The molecule has 0 bridgehead atoms. The molecule has 0 saturated carbocycles. The predicted octanol–water partition coefficient (Wildman–Crippen LogP) is 2.65. The maximum Gasteiger partial charge on any atom is 0.219 e. The number of fused-ring (bicyclic) bond motifs is 1. The third-order valence-corrected chi connectivity index (χ3v) is 6.60. The van der Waals surface area contributed by atoms with Gasteiger partial charge in [0, 0.05) is 62.0 Å². The lowest BCUT2D eigenvalue weighted by Gasteiger charge is -2.29. The Morgan fingerprint density at radius 1 is 1.17 bits per heavy atom. The van der Waals surface area contributed by atoms with Crippen LogP contribution in [-0.4, -0.2) is 47.4 Å². The first-order chi connectivity index (χ1) is 13.9. The maximum atomic E-state index is 12.3. The van der Waals surface area contributed by atoms with Crippen LogP contribution in [0.5, 0.6) is 5.75 Å². The Balaban J connectivity index is 1.56. The minimum atomic E-state index is 0.0894. The normalized spacial score (nSPS) is 24.0. The van der Waals surface area contributed by atoms with Gasteiger partial charge >= 0.3 is 0 Å². The lowest BCUT2D eigenvalue weighted by Crippen LogP contribution is -2.34. The zero-order valence-electron chi connectivity index (χ0n) is 17.6. The van der Waals surface area contributed by atoms with E-state index in [1.807, 2.05) is 30.9 Å². The molecular formula is C23H29N3O3. The molecule has 2 aromatic rings. The number of carbonyl (C=O) groups excluding carboxylic acids is 1. The average Bonchev–Trinajstić information content (AvgIpc) is 3.26.